The SMILES string of the molecule is CCc1cccc(C(O)c2cc(F)cc(C(F)(F)F)c2)c1. The molecule has 0 aliphatic heterocycles. The van der Waals surface area contributed by atoms with Gasteiger partial charge in [-0.1, -0.05) is 31.2 Å². The van der Waals surface area contributed by atoms with E-state index in [1.807, 2.05) is 13.0 Å². The first kappa shape index (κ1) is 15.5. The van der Waals surface area contributed by atoms with E-state index in [-0.39, 0.29) is 5.56 Å². The molecular weight excluding hydrogens is 284 g/mol. The van der Waals surface area contributed by atoms with Gasteiger partial charge < -0.3 is 5.11 Å². The second-order valence-electron chi connectivity index (χ2n) is 4.77. The predicted octanol–water partition coefficient (Wildman–Crippen LogP) is 4.49. The Morgan fingerprint density at radius 1 is 1.05 bits per heavy atom. The Hall–Kier alpha value is -1.88. The van der Waals surface area contributed by atoms with E-state index in [0.29, 0.717) is 11.6 Å². The second-order valence-corrected chi connectivity index (χ2v) is 4.77. The van der Waals surface area contributed by atoms with Crippen LogP contribution in [0.5, 0.6) is 0 Å². The second kappa shape index (κ2) is 5.85. The van der Waals surface area contributed by atoms with Gasteiger partial charge in [-0.2, -0.15) is 13.2 Å². The first-order valence-electron chi connectivity index (χ1n) is 6.46. The number of hydrogen-bond acceptors (Lipinski definition) is 1. The molecule has 0 aromatic heterocycles. The third-order valence-electron chi connectivity index (χ3n) is 3.24. The molecule has 2 aromatic rings. The van der Waals surface area contributed by atoms with E-state index in [9.17, 15) is 22.7 Å². The Morgan fingerprint density at radius 3 is 2.38 bits per heavy atom. The highest BCUT2D eigenvalue weighted by Crippen LogP contribution is 2.33. The zero-order valence-corrected chi connectivity index (χ0v) is 11.3. The summed E-state index contributed by atoms with van der Waals surface area (Å²) in [6.07, 6.45) is -5.22. The zero-order chi connectivity index (χ0) is 15.6. The Morgan fingerprint density at radius 2 is 1.76 bits per heavy atom. The number of aliphatic hydroxyl groups is 1. The fourth-order valence-corrected chi connectivity index (χ4v) is 2.11. The molecule has 0 saturated carbocycles. The number of halogens is 4. The molecule has 1 nitrogen and oxygen atoms in total. The first-order chi connectivity index (χ1) is 9.81. The first-order valence-corrected chi connectivity index (χ1v) is 6.46. The Bertz CT molecular complexity index is 634. The van der Waals surface area contributed by atoms with Crippen molar-refractivity contribution < 1.29 is 22.7 Å². The maximum Gasteiger partial charge on any atom is 0.416 e. The van der Waals surface area contributed by atoms with E-state index in [4.69, 9.17) is 0 Å². The fraction of sp³-hybridized carbons (Fsp3) is 0.250. The minimum absolute atomic E-state index is 0.115. The maximum absolute atomic E-state index is 13.4. The lowest BCUT2D eigenvalue weighted by molar-refractivity contribution is -0.137. The summed E-state index contributed by atoms with van der Waals surface area (Å²) in [5.74, 6) is -1.02. The molecular formula is C16H14F4O. The molecule has 0 spiro atoms. The van der Waals surface area contributed by atoms with E-state index in [1.54, 1.807) is 18.2 Å². The van der Waals surface area contributed by atoms with Gasteiger partial charge in [0.1, 0.15) is 11.9 Å². The number of benzene rings is 2. The van der Waals surface area contributed by atoms with Crippen LogP contribution in [0.2, 0.25) is 0 Å². The van der Waals surface area contributed by atoms with Crippen LogP contribution in [0.3, 0.4) is 0 Å². The molecule has 0 heterocycles. The van der Waals surface area contributed by atoms with Gasteiger partial charge in [0, 0.05) is 0 Å². The van der Waals surface area contributed by atoms with Crippen molar-refractivity contribution in [2.24, 2.45) is 0 Å². The molecule has 0 aliphatic rings. The van der Waals surface area contributed by atoms with Gasteiger partial charge >= 0.3 is 6.18 Å². The largest absolute Gasteiger partial charge is 0.416 e. The molecule has 0 radical (unpaired) electrons. The summed E-state index contributed by atoms with van der Waals surface area (Å²) in [6, 6.07) is 8.96. The van der Waals surface area contributed by atoms with Crippen LogP contribution in [0.1, 0.15) is 35.3 Å². The molecule has 1 unspecified atom stereocenters. The van der Waals surface area contributed by atoms with Gasteiger partial charge in [0.25, 0.3) is 0 Å². The average Bonchev–Trinajstić information content (AvgIpc) is 2.45. The summed E-state index contributed by atoms with van der Waals surface area (Å²) >= 11 is 0. The molecule has 0 bridgehead atoms. The quantitative estimate of drug-likeness (QED) is 0.828. The van der Waals surface area contributed by atoms with Gasteiger partial charge in [0.2, 0.25) is 0 Å². The molecule has 0 fully saturated rings. The number of hydrogen-bond donors (Lipinski definition) is 1. The molecule has 0 amide bonds. The highest BCUT2D eigenvalue weighted by Gasteiger charge is 2.32. The monoisotopic (exact) mass is 298 g/mol. The van der Waals surface area contributed by atoms with Crippen LogP contribution >= 0.6 is 0 Å². The molecule has 21 heavy (non-hydrogen) atoms. The van der Waals surface area contributed by atoms with Crippen molar-refractivity contribution in [3.8, 4) is 0 Å². The zero-order valence-electron chi connectivity index (χ0n) is 11.3. The highest BCUT2D eigenvalue weighted by atomic mass is 19.4. The van der Waals surface area contributed by atoms with Crippen LogP contribution < -0.4 is 0 Å². The van der Waals surface area contributed by atoms with Gasteiger partial charge in [-0.15, -0.1) is 0 Å². The summed E-state index contributed by atoms with van der Waals surface area (Å²) in [5, 5.41) is 10.2. The van der Waals surface area contributed by atoms with Gasteiger partial charge in [-0.25, -0.2) is 4.39 Å². The van der Waals surface area contributed by atoms with Gasteiger partial charge in [-0.05, 0) is 41.3 Å². The number of rotatable bonds is 3. The lowest BCUT2D eigenvalue weighted by Gasteiger charge is -2.15. The lowest BCUT2D eigenvalue weighted by Crippen LogP contribution is -2.08. The number of aryl methyl sites for hydroxylation is 1. The molecule has 1 N–H and O–H groups in total. The summed E-state index contributed by atoms with van der Waals surface area (Å²) in [5.41, 5.74) is 0.158. The van der Waals surface area contributed by atoms with Gasteiger partial charge in [0.15, 0.2) is 0 Å². The Balaban J connectivity index is 2.43. The molecule has 112 valence electrons. The topological polar surface area (TPSA) is 20.2 Å². The number of alkyl halides is 3. The Kier molecular flexibility index (Phi) is 4.32. The van der Waals surface area contributed by atoms with Crippen LogP contribution in [0.25, 0.3) is 0 Å². The smallest absolute Gasteiger partial charge is 0.384 e. The van der Waals surface area contributed by atoms with Crippen LogP contribution in [0.4, 0.5) is 17.6 Å². The van der Waals surface area contributed by atoms with E-state index < -0.39 is 23.7 Å². The Labute approximate surface area is 119 Å². The van der Waals surface area contributed by atoms with Crippen molar-refractivity contribution in [3.05, 3.63) is 70.5 Å². The third kappa shape index (κ3) is 3.61. The molecule has 0 saturated heterocycles. The maximum atomic E-state index is 13.4. The molecule has 2 aromatic carbocycles. The van der Waals surface area contributed by atoms with Crippen molar-refractivity contribution in [1.82, 2.24) is 0 Å². The van der Waals surface area contributed by atoms with Crippen LogP contribution in [0.15, 0.2) is 42.5 Å². The van der Waals surface area contributed by atoms with E-state index >= 15 is 0 Å². The van der Waals surface area contributed by atoms with Crippen molar-refractivity contribution in [1.29, 1.82) is 0 Å². The molecule has 2 rings (SSSR count). The van der Waals surface area contributed by atoms with Crippen LogP contribution in [0, 0.1) is 5.82 Å². The van der Waals surface area contributed by atoms with Gasteiger partial charge in [-0.3, -0.25) is 0 Å². The van der Waals surface area contributed by atoms with E-state index in [1.165, 1.54) is 0 Å². The summed E-state index contributed by atoms with van der Waals surface area (Å²) in [4.78, 5) is 0. The fourth-order valence-electron chi connectivity index (χ4n) is 2.11. The van der Waals surface area contributed by atoms with Crippen LogP contribution in [-0.4, -0.2) is 5.11 Å². The minimum Gasteiger partial charge on any atom is -0.384 e. The lowest BCUT2D eigenvalue weighted by atomic mass is 9.97. The predicted molar refractivity (Wildman–Crippen MR) is 71.3 cm³/mol. The van der Waals surface area contributed by atoms with Crippen LogP contribution in [-0.2, 0) is 12.6 Å². The standard InChI is InChI=1S/C16H14F4O/c1-2-10-4-3-5-11(6-10)15(21)12-7-13(16(18,19)20)9-14(17)8-12/h3-9,15,21H,2H2,1H3. The average molecular weight is 298 g/mol. The van der Waals surface area contributed by atoms with E-state index in [0.717, 1.165) is 24.1 Å². The van der Waals surface area contributed by atoms with Crippen molar-refractivity contribution in [3.63, 3.8) is 0 Å². The molecule has 5 heteroatoms. The van der Waals surface area contributed by atoms with Crippen molar-refractivity contribution in [2.75, 3.05) is 0 Å². The third-order valence-corrected chi connectivity index (χ3v) is 3.24. The van der Waals surface area contributed by atoms with Crippen molar-refractivity contribution in [2.45, 2.75) is 25.6 Å². The highest BCUT2D eigenvalue weighted by molar-refractivity contribution is 5.35. The minimum atomic E-state index is -4.65. The number of aliphatic hydroxyl groups excluding tert-OH is 1. The summed E-state index contributed by atoms with van der Waals surface area (Å²) < 4.78 is 51.4. The van der Waals surface area contributed by atoms with Gasteiger partial charge in [0.05, 0.1) is 5.56 Å². The van der Waals surface area contributed by atoms with Crippen molar-refractivity contribution >= 4 is 0 Å². The molecule has 0 aliphatic carbocycles. The van der Waals surface area contributed by atoms with E-state index in [2.05, 4.69) is 0 Å². The normalized spacial score (nSPS) is 13.2. The molecule has 1 atom stereocenters. The summed E-state index contributed by atoms with van der Waals surface area (Å²) in [6.45, 7) is 1.93. The summed E-state index contributed by atoms with van der Waals surface area (Å²) in [7, 11) is 0.